The fraction of sp³-hybridized carbons (Fsp3) is 1.00. The molecule has 0 aromatic heterocycles. The molecule has 0 spiro atoms. The summed E-state index contributed by atoms with van der Waals surface area (Å²) in [6.07, 6.45) is 2.45. The Kier molecular flexibility index (Phi) is 7.14. The van der Waals surface area contributed by atoms with Crippen LogP contribution in [0.5, 0.6) is 0 Å². The molecule has 0 radical (unpaired) electrons. The van der Waals surface area contributed by atoms with Crippen LogP contribution in [0.2, 0.25) is 0 Å². The lowest BCUT2D eigenvalue weighted by atomic mass is 10.2. The van der Waals surface area contributed by atoms with E-state index in [9.17, 15) is 8.42 Å². The van der Waals surface area contributed by atoms with Gasteiger partial charge in [0.2, 0.25) is 10.0 Å². The summed E-state index contributed by atoms with van der Waals surface area (Å²) < 4.78 is 31.5. The van der Waals surface area contributed by atoms with Crippen molar-refractivity contribution in [2.75, 3.05) is 38.6 Å². The lowest BCUT2D eigenvalue weighted by Gasteiger charge is -2.34. The summed E-state index contributed by atoms with van der Waals surface area (Å²) in [6, 6.07) is 0.0255. The van der Waals surface area contributed by atoms with Crippen LogP contribution in [-0.2, 0) is 14.8 Å². The van der Waals surface area contributed by atoms with Crippen LogP contribution >= 0.6 is 0 Å². The summed E-state index contributed by atoms with van der Waals surface area (Å²) in [7, 11) is -3.11. The van der Waals surface area contributed by atoms with E-state index in [-0.39, 0.29) is 11.8 Å². The number of nitrogens with one attached hydrogen (secondary N) is 1. The van der Waals surface area contributed by atoms with E-state index in [4.69, 9.17) is 4.74 Å². The number of sulfonamides is 1. The summed E-state index contributed by atoms with van der Waals surface area (Å²) in [5.41, 5.74) is 0. The van der Waals surface area contributed by atoms with Crippen LogP contribution in [0.15, 0.2) is 0 Å². The SMILES string of the molecule is CCNCCCCS(=O)(=O)N1CCOCC1CC. The molecule has 5 nitrogen and oxygen atoms in total. The predicted octanol–water partition coefficient (Wildman–Crippen LogP) is 0.817. The first kappa shape index (κ1) is 15.9. The third-order valence-electron chi connectivity index (χ3n) is 3.26. The highest BCUT2D eigenvalue weighted by atomic mass is 32.2. The molecular weight excluding hydrogens is 252 g/mol. The highest BCUT2D eigenvalue weighted by Crippen LogP contribution is 2.16. The lowest BCUT2D eigenvalue weighted by Crippen LogP contribution is -2.49. The molecule has 6 heteroatoms. The van der Waals surface area contributed by atoms with Crippen molar-refractivity contribution in [3.05, 3.63) is 0 Å². The second kappa shape index (κ2) is 8.09. The molecule has 0 aliphatic carbocycles. The van der Waals surface area contributed by atoms with Crippen molar-refractivity contribution in [3.8, 4) is 0 Å². The molecule has 1 aliphatic heterocycles. The summed E-state index contributed by atoms with van der Waals surface area (Å²) in [5.74, 6) is 0.259. The summed E-state index contributed by atoms with van der Waals surface area (Å²) >= 11 is 0. The van der Waals surface area contributed by atoms with Crippen molar-refractivity contribution in [1.82, 2.24) is 9.62 Å². The van der Waals surface area contributed by atoms with Gasteiger partial charge in [-0.2, -0.15) is 4.31 Å². The molecule has 108 valence electrons. The largest absolute Gasteiger partial charge is 0.378 e. The highest BCUT2D eigenvalue weighted by molar-refractivity contribution is 7.89. The second-order valence-corrected chi connectivity index (χ2v) is 6.67. The lowest BCUT2D eigenvalue weighted by molar-refractivity contribution is 0.0314. The van der Waals surface area contributed by atoms with Gasteiger partial charge in [-0.1, -0.05) is 13.8 Å². The van der Waals surface area contributed by atoms with Gasteiger partial charge in [0.05, 0.1) is 19.0 Å². The quantitative estimate of drug-likeness (QED) is 0.668. The van der Waals surface area contributed by atoms with Crippen LogP contribution in [0.1, 0.15) is 33.1 Å². The number of hydrogen-bond acceptors (Lipinski definition) is 4. The van der Waals surface area contributed by atoms with Crippen molar-refractivity contribution < 1.29 is 13.2 Å². The maximum absolute atomic E-state index is 12.2. The highest BCUT2D eigenvalue weighted by Gasteiger charge is 2.31. The summed E-state index contributed by atoms with van der Waals surface area (Å²) in [5, 5.41) is 3.21. The Hall–Kier alpha value is -0.170. The van der Waals surface area contributed by atoms with E-state index in [1.54, 1.807) is 4.31 Å². The molecular formula is C12H26N2O3S. The first-order valence-electron chi connectivity index (χ1n) is 6.89. The minimum Gasteiger partial charge on any atom is -0.378 e. The van der Waals surface area contributed by atoms with E-state index in [1.807, 2.05) is 6.92 Å². The van der Waals surface area contributed by atoms with Gasteiger partial charge >= 0.3 is 0 Å². The first-order valence-corrected chi connectivity index (χ1v) is 8.50. The topological polar surface area (TPSA) is 58.6 Å². The van der Waals surface area contributed by atoms with Crippen LogP contribution < -0.4 is 5.32 Å². The molecule has 1 N–H and O–H groups in total. The molecule has 0 bridgehead atoms. The summed E-state index contributed by atoms with van der Waals surface area (Å²) in [4.78, 5) is 0. The Labute approximate surface area is 111 Å². The molecule has 1 fully saturated rings. The van der Waals surface area contributed by atoms with Gasteiger partial charge in [-0.25, -0.2) is 8.42 Å². The van der Waals surface area contributed by atoms with Crippen molar-refractivity contribution >= 4 is 10.0 Å². The average molecular weight is 278 g/mol. The predicted molar refractivity (Wildman–Crippen MR) is 73.2 cm³/mol. The van der Waals surface area contributed by atoms with Crippen molar-refractivity contribution in [2.24, 2.45) is 0 Å². The number of morpholine rings is 1. The van der Waals surface area contributed by atoms with Crippen LogP contribution in [0.25, 0.3) is 0 Å². The maximum Gasteiger partial charge on any atom is 0.214 e. The third kappa shape index (κ3) is 4.84. The second-order valence-electron chi connectivity index (χ2n) is 4.62. The number of nitrogens with zero attached hydrogens (tertiary/aromatic N) is 1. The fourth-order valence-electron chi connectivity index (χ4n) is 2.16. The number of unbranched alkanes of at least 4 members (excludes halogenated alkanes) is 1. The zero-order valence-corrected chi connectivity index (χ0v) is 12.3. The smallest absolute Gasteiger partial charge is 0.214 e. The van der Waals surface area contributed by atoms with Crippen molar-refractivity contribution in [3.63, 3.8) is 0 Å². The molecule has 0 amide bonds. The molecule has 1 atom stereocenters. The van der Waals surface area contributed by atoms with Gasteiger partial charge in [0.1, 0.15) is 0 Å². The Morgan fingerprint density at radius 2 is 2.11 bits per heavy atom. The van der Waals surface area contributed by atoms with Gasteiger partial charge in [-0.15, -0.1) is 0 Å². The van der Waals surface area contributed by atoms with Gasteiger partial charge in [-0.3, -0.25) is 0 Å². The van der Waals surface area contributed by atoms with Gasteiger partial charge in [-0.05, 0) is 32.4 Å². The van der Waals surface area contributed by atoms with Gasteiger partial charge in [0.25, 0.3) is 0 Å². The molecule has 1 heterocycles. The molecule has 0 aromatic carbocycles. The van der Waals surface area contributed by atoms with Crippen molar-refractivity contribution in [2.45, 2.75) is 39.2 Å². The van der Waals surface area contributed by atoms with E-state index in [2.05, 4.69) is 12.2 Å². The Morgan fingerprint density at radius 3 is 2.78 bits per heavy atom. The zero-order chi connectivity index (χ0) is 13.4. The minimum atomic E-state index is -3.11. The van der Waals surface area contributed by atoms with Crippen LogP contribution in [0, 0.1) is 0 Å². The molecule has 1 unspecified atom stereocenters. The summed E-state index contributed by atoms with van der Waals surface area (Å²) in [6.45, 7) is 7.46. The molecule has 0 saturated carbocycles. The Balaban J connectivity index is 2.41. The van der Waals surface area contributed by atoms with E-state index >= 15 is 0 Å². The third-order valence-corrected chi connectivity index (χ3v) is 5.26. The first-order chi connectivity index (χ1) is 8.61. The standard InChI is InChI=1S/C12H26N2O3S/c1-3-12-11-17-9-8-14(12)18(15,16)10-6-5-7-13-4-2/h12-13H,3-11H2,1-2H3. The molecule has 1 aliphatic rings. The maximum atomic E-state index is 12.2. The van der Waals surface area contributed by atoms with E-state index in [0.717, 1.165) is 32.4 Å². The molecule has 1 rings (SSSR count). The Bertz CT molecular complexity index is 319. The zero-order valence-electron chi connectivity index (χ0n) is 11.5. The number of ether oxygens (including phenoxy) is 1. The Morgan fingerprint density at radius 1 is 1.33 bits per heavy atom. The van der Waals surface area contributed by atoms with Gasteiger partial charge in [0.15, 0.2) is 0 Å². The normalized spacial score (nSPS) is 22.2. The molecule has 18 heavy (non-hydrogen) atoms. The van der Waals surface area contributed by atoms with Crippen LogP contribution in [0.4, 0.5) is 0 Å². The van der Waals surface area contributed by atoms with Crippen LogP contribution in [0.3, 0.4) is 0 Å². The monoisotopic (exact) mass is 278 g/mol. The van der Waals surface area contributed by atoms with Crippen LogP contribution in [-0.4, -0.2) is 57.4 Å². The number of hydrogen-bond donors (Lipinski definition) is 1. The number of rotatable bonds is 8. The average Bonchev–Trinajstić information content (AvgIpc) is 2.38. The van der Waals surface area contributed by atoms with E-state index in [0.29, 0.717) is 19.8 Å². The van der Waals surface area contributed by atoms with Crippen molar-refractivity contribution in [1.29, 1.82) is 0 Å². The van der Waals surface area contributed by atoms with Gasteiger partial charge < -0.3 is 10.1 Å². The fourth-order valence-corrected chi connectivity index (χ4v) is 3.98. The molecule has 0 aromatic rings. The van der Waals surface area contributed by atoms with E-state index < -0.39 is 10.0 Å². The molecule has 1 saturated heterocycles. The van der Waals surface area contributed by atoms with Gasteiger partial charge in [0, 0.05) is 12.6 Å². The van der Waals surface area contributed by atoms with E-state index in [1.165, 1.54) is 0 Å². The minimum absolute atomic E-state index is 0.0255.